The molecule has 2 heteroatoms. The van der Waals surface area contributed by atoms with E-state index >= 15 is 0 Å². The summed E-state index contributed by atoms with van der Waals surface area (Å²) in [5.74, 6) is 0. The summed E-state index contributed by atoms with van der Waals surface area (Å²) < 4.78 is 0. The van der Waals surface area contributed by atoms with Crippen molar-refractivity contribution in [1.82, 2.24) is 4.90 Å². The topological polar surface area (TPSA) is 3.24 Å². The molecule has 2 rings (SSSR count). The fraction of sp³-hybridized carbons (Fsp3) is 0.647. The van der Waals surface area contributed by atoms with E-state index in [0.717, 1.165) is 11.8 Å². The number of likely N-dealkylation sites (N-methyl/N-ethyl adjacent to an activating group) is 1. The molecule has 1 aliphatic rings. The molecule has 0 radical (unpaired) electrons. The van der Waals surface area contributed by atoms with Crippen molar-refractivity contribution in [2.45, 2.75) is 38.5 Å². The lowest BCUT2D eigenvalue weighted by molar-refractivity contribution is 0.146. The van der Waals surface area contributed by atoms with Gasteiger partial charge in [-0.3, -0.25) is 0 Å². The van der Waals surface area contributed by atoms with Crippen molar-refractivity contribution in [2.24, 2.45) is 5.41 Å². The average molecular weight is 324 g/mol. The molecule has 0 N–H and O–H groups in total. The molecule has 0 aliphatic heterocycles. The summed E-state index contributed by atoms with van der Waals surface area (Å²) in [6.45, 7) is 2.41. The largest absolute Gasteiger partial charge is 0.305 e. The first-order valence-electron chi connectivity index (χ1n) is 7.53. The van der Waals surface area contributed by atoms with Crippen LogP contribution in [0.4, 0.5) is 0 Å². The van der Waals surface area contributed by atoms with Gasteiger partial charge in [0, 0.05) is 18.4 Å². The molecule has 1 fully saturated rings. The maximum absolute atomic E-state index is 3.77. The van der Waals surface area contributed by atoms with E-state index in [9.17, 15) is 0 Å². The molecule has 0 spiro atoms. The van der Waals surface area contributed by atoms with Crippen LogP contribution in [0.3, 0.4) is 0 Å². The molecule has 0 heterocycles. The van der Waals surface area contributed by atoms with Crippen molar-refractivity contribution in [2.75, 3.05) is 25.5 Å². The summed E-state index contributed by atoms with van der Waals surface area (Å²) in [4.78, 5) is 2.53. The molecule has 1 nitrogen and oxygen atoms in total. The summed E-state index contributed by atoms with van der Waals surface area (Å²) in [6.07, 6.45) is 8.22. The van der Waals surface area contributed by atoms with Gasteiger partial charge in [-0.15, -0.1) is 0 Å². The lowest BCUT2D eigenvalue weighted by Crippen LogP contribution is -2.39. The van der Waals surface area contributed by atoms with E-state index in [4.69, 9.17) is 0 Å². The maximum Gasteiger partial charge on any atom is 0.0100 e. The van der Waals surface area contributed by atoms with Crippen LogP contribution >= 0.6 is 15.9 Å². The minimum absolute atomic E-state index is 0.531. The molecule has 1 aromatic carbocycles. The van der Waals surface area contributed by atoms with E-state index in [1.165, 1.54) is 50.8 Å². The van der Waals surface area contributed by atoms with Crippen LogP contribution in [0.1, 0.15) is 37.7 Å². The Morgan fingerprint density at radius 3 is 2.42 bits per heavy atom. The van der Waals surface area contributed by atoms with Crippen LogP contribution in [-0.4, -0.2) is 30.4 Å². The summed E-state index contributed by atoms with van der Waals surface area (Å²) in [7, 11) is 2.28. The van der Waals surface area contributed by atoms with Gasteiger partial charge in [-0.1, -0.05) is 65.5 Å². The standard InChI is InChI=1S/C17H26BrN/c1-19(13-10-16-8-4-2-5-9-16)15-17(14-18)11-6-3-7-12-17/h2,4-5,8-9H,3,6-7,10-15H2,1H3. The number of nitrogens with zero attached hydrogens (tertiary/aromatic N) is 1. The first-order chi connectivity index (χ1) is 9.24. The molecule has 19 heavy (non-hydrogen) atoms. The number of hydrogen-bond donors (Lipinski definition) is 0. The van der Waals surface area contributed by atoms with Crippen molar-refractivity contribution >= 4 is 15.9 Å². The summed E-state index contributed by atoms with van der Waals surface area (Å²) in [6, 6.07) is 10.8. The Morgan fingerprint density at radius 1 is 1.11 bits per heavy atom. The molecule has 0 atom stereocenters. The number of alkyl halides is 1. The highest BCUT2D eigenvalue weighted by Crippen LogP contribution is 2.38. The van der Waals surface area contributed by atoms with Gasteiger partial charge in [-0.25, -0.2) is 0 Å². The number of benzene rings is 1. The van der Waals surface area contributed by atoms with Crippen molar-refractivity contribution < 1.29 is 0 Å². The van der Waals surface area contributed by atoms with Gasteiger partial charge in [0.25, 0.3) is 0 Å². The zero-order chi connectivity index (χ0) is 13.6. The van der Waals surface area contributed by atoms with E-state index in [1.54, 1.807) is 0 Å². The van der Waals surface area contributed by atoms with Crippen LogP contribution in [0.5, 0.6) is 0 Å². The van der Waals surface area contributed by atoms with Crippen LogP contribution in [0.25, 0.3) is 0 Å². The zero-order valence-electron chi connectivity index (χ0n) is 12.1. The van der Waals surface area contributed by atoms with E-state index < -0.39 is 0 Å². The van der Waals surface area contributed by atoms with Gasteiger partial charge in [0.1, 0.15) is 0 Å². The van der Waals surface area contributed by atoms with Gasteiger partial charge in [-0.05, 0) is 37.3 Å². The Bertz CT molecular complexity index is 357. The van der Waals surface area contributed by atoms with Gasteiger partial charge in [0.15, 0.2) is 0 Å². The van der Waals surface area contributed by atoms with E-state index in [-0.39, 0.29) is 0 Å². The number of rotatable bonds is 6. The molecule has 106 valence electrons. The highest BCUT2D eigenvalue weighted by molar-refractivity contribution is 9.09. The van der Waals surface area contributed by atoms with E-state index in [2.05, 4.69) is 58.2 Å². The molecule has 1 aliphatic carbocycles. The average Bonchev–Trinajstić information content (AvgIpc) is 2.47. The molecule has 0 aromatic heterocycles. The first-order valence-corrected chi connectivity index (χ1v) is 8.65. The second kappa shape index (κ2) is 7.44. The van der Waals surface area contributed by atoms with Crippen LogP contribution in [-0.2, 0) is 6.42 Å². The van der Waals surface area contributed by atoms with E-state index in [1.807, 2.05) is 0 Å². The van der Waals surface area contributed by atoms with Crippen molar-refractivity contribution in [3.63, 3.8) is 0 Å². The van der Waals surface area contributed by atoms with Crippen molar-refractivity contribution in [3.8, 4) is 0 Å². The SMILES string of the molecule is CN(CCc1ccccc1)CC1(CBr)CCCCC1. The highest BCUT2D eigenvalue weighted by atomic mass is 79.9. The second-order valence-electron chi connectivity index (χ2n) is 6.17. The predicted octanol–water partition coefficient (Wildman–Crippen LogP) is 4.51. The zero-order valence-corrected chi connectivity index (χ0v) is 13.7. The minimum atomic E-state index is 0.531. The Labute approximate surface area is 126 Å². The molecule has 1 saturated carbocycles. The minimum Gasteiger partial charge on any atom is -0.305 e. The van der Waals surface area contributed by atoms with Crippen LogP contribution in [0.15, 0.2) is 30.3 Å². The van der Waals surface area contributed by atoms with Gasteiger partial charge in [-0.2, -0.15) is 0 Å². The first kappa shape index (κ1) is 15.1. The summed E-state index contributed by atoms with van der Waals surface area (Å²) in [5.41, 5.74) is 1.98. The van der Waals surface area contributed by atoms with Gasteiger partial charge in [0.2, 0.25) is 0 Å². The fourth-order valence-electron chi connectivity index (χ4n) is 3.25. The molecular formula is C17H26BrN. The van der Waals surface area contributed by atoms with Gasteiger partial charge >= 0.3 is 0 Å². The Hall–Kier alpha value is -0.340. The van der Waals surface area contributed by atoms with Crippen molar-refractivity contribution in [3.05, 3.63) is 35.9 Å². The Kier molecular flexibility index (Phi) is 5.90. The lowest BCUT2D eigenvalue weighted by Gasteiger charge is -2.39. The van der Waals surface area contributed by atoms with Crippen molar-refractivity contribution in [1.29, 1.82) is 0 Å². The normalized spacial score (nSPS) is 18.7. The monoisotopic (exact) mass is 323 g/mol. The molecular weight excluding hydrogens is 298 g/mol. The number of halogens is 1. The fourth-order valence-corrected chi connectivity index (χ4v) is 3.99. The van der Waals surface area contributed by atoms with Gasteiger partial charge in [0.05, 0.1) is 0 Å². The third-order valence-corrected chi connectivity index (χ3v) is 5.62. The Balaban J connectivity index is 1.81. The second-order valence-corrected chi connectivity index (χ2v) is 6.73. The number of hydrogen-bond acceptors (Lipinski definition) is 1. The molecule has 0 saturated heterocycles. The molecule has 0 bridgehead atoms. The third kappa shape index (κ3) is 4.61. The maximum atomic E-state index is 3.77. The molecule has 0 amide bonds. The summed E-state index contributed by atoms with van der Waals surface area (Å²) >= 11 is 3.77. The lowest BCUT2D eigenvalue weighted by atomic mass is 9.75. The van der Waals surface area contributed by atoms with Crippen LogP contribution < -0.4 is 0 Å². The van der Waals surface area contributed by atoms with E-state index in [0.29, 0.717) is 5.41 Å². The smallest absolute Gasteiger partial charge is 0.0100 e. The van der Waals surface area contributed by atoms with Gasteiger partial charge < -0.3 is 4.90 Å². The predicted molar refractivity (Wildman–Crippen MR) is 87.0 cm³/mol. The molecule has 1 aromatic rings. The third-order valence-electron chi connectivity index (χ3n) is 4.43. The quantitative estimate of drug-likeness (QED) is 0.696. The summed E-state index contributed by atoms with van der Waals surface area (Å²) in [5, 5.41) is 1.16. The highest BCUT2D eigenvalue weighted by Gasteiger charge is 2.31. The Morgan fingerprint density at radius 2 is 1.79 bits per heavy atom. The van der Waals surface area contributed by atoms with Crippen LogP contribution in [0, 0.1) is 5.41 Å². The molecule has 0 unspecified atom stereocenters. The van der Waals surface area contributed by atoms with Crippen LogP contribution in [0.2, 0.25) is 0 Å².